The molecule has 6 nitrogen and oxygen atoms in total. The largest absolute Gasteiger partial charge is 0.481 e. The van der Waals surface area contributed by atoms with Gasteiger partial charge in [0.25, 0.3) is 5.91 Å². The third-order valence-corrected chi connectivity index (χ3v) is 2.67. The molecule has 0 aromatic heterocycles. The van der Waals surface area contributed by atoms with Crippen LogP contribution < -0.4 is 21.5 Å². The molecule has 1 aromatic rings. The normalized spacial score (nSPS) is 11.5. The number of urea groups is 1. The van der Waals surface area contributed by atoms with Crippen molar-refractivity contribution in [1.82, 2.24) is 5.32 Å². The molecule has 1 rings (SSSR count). The minimum Gasteiger partial charge on any atom is -0.481 e. The van der Waals surface area contributed by atoms with E-state index in [0.29, 0.717) is 16.3 Å². The highest BCUT2D eigenvalue weighted by Crippen LogP contribution is 2.23. The summed E-state index contributed by atoms with van der Waals surface area (Å²) in [7, 11) is 0. The molecule has 0 saturated heterocycles. The molecular weight excluding hydrogens is 290 g/mol. The van der Waals surface area contributed by atoms with E-state index >= 15 is 0 Å². The number of ether oxygens (including phenoxy) is 1. The van der Waals surface area contributed by atoms with Gasteiger partial charge in [0.15, 0.2) is 6.10 Å². The molecule has 102 valence electrons. The van der Waals surface area contributed by atoms with Crippen molar-refractivity contribution in [1.29, 1.82) is 0 Å². The van der Waals surface area contributed by atoms with Crippen LogP contribution in [0.5, 0.6) is 5.75 Å². The molecule has 5 N–H and O–H groups in total. The molecule has 3 amide bonds. The molecule has 0 aliphatic rings. The number of carbonyl (C=O) groups is 2. The van der Waals surface area contributed by atoms with E-state index in [1.54, 1.807) is 12.1 Å². The lowest BCUT2D eigenvalue weighted by Crippen LogP contribution is -2.42. The Morgan fingerprint density at radius 3 is 2.53 bits per heavy atom. The highest BCUT2D eigenvalue weighted by Gasteiger charge is 2.16. The Morgan fingerprint density at radius 2 is 2.05 bits per heavy atom. The van der Waals surface area contributed by atoms with Gasteiger partial charge in [-0.25, -0.2) is 4.79 Å². The summed E-state index contributed by atoms with van der Waals surface area (Å²) in [6.07, 6.45) is -0.903. The van der Waals surface area contributed by atoms with Crippen LogP contribution >= 0.6 is 23.8 Å². The number of thiocarbonyl (C=S) groups is 1. The molecule has 19 heavy (non-hydrogen) atoms. The summed E-state index contributed by atoms with van der Waals surface area (Å²) < 4.78 is 5.30. The quantitative estimate of drug-likeness (QED) is 0.717. The summed E-state index contributed by atoms with van der Waals surface area (Å²) in [5.41, 5.74) is 10.8. The minimum atomic E-state index is -0.942. The Morgan fingerprint density at radius 1 is 1.42 bits per heavy atom. The van der Waals surface area contributed by atoms with Gasteiger partial charge in [-0.2, -0.15) is 0 Å². The highest BCUT2D eigenvalue weighted by atomic mass is 35.5. The molecule has 1 unspecified atom stereocenters. The number of nitrogens with one attached hydrogen (secondary N) is 1. The maximum absolute atomic E-state index is 11.4. The zero-order valence-electron chi connectivity index (χ0n) is 9.98. The number of amides is 3. The third-order valence-electron chi connectivity index (χ3n) is 2.13. The summed E-state index contributed by atoms with van der Waals surface area (Å²) in [5, 5.41) is 2.22. The first kappa shape index (κ1) is 15.2. The molecule has 0 fully saturated rings. The number of rotatable bonds is 4. The van der Waals surface area contributed by atoms with Crippen LogP contribution in [0.2, 0.25) is 5.02 Å². The Hall–Kier alpha value is -1.86. The van der Waals surface area contributed by atoms with Gasteiger partial charge in [0.2, 0.25) is 0 Å². The number of primary amides is 1. The van der Waals surface area contributed by atoms with Crippen molar-refractivity contribution in [3.63, 3.8) is 0 Å². The zero-order chi connectivity index (χ0) is 14.6. The zero-order valence-corrected chi connectivity index (χ0v) is 11.5. The summed E-state index contributed by atoms with van der Waals surface area (Å²) in [6.45, 7) is 1.47. The molecule has 8 heteroatoms. The average Bonchev–Trinajstić information content (AvgIpc) is 2.27. The number of hydrogen-bond acceptors (Lipinski definition) is 4. The number of nitrogens with two attached hydrogens (primary N) is 2. The molecule has 1 aromatic carbocycles. The summed E-state index contributed by atoms with van der Waals surface area (Å²) in [5.74, 6) is -0.306. The summed E-state index contributed by atoms with van der Waals surface area (Å²) >= 11 is 10.8. The van der Waals surface area contributed by atoms with Gasteiger partial charge in [0.05, 0.1) is 5.02 Å². The number of carbonyl (C=O) groups excluding carboxylic acids is 2. The fraction of sp³-hybridized carbons (Fsp3) is 0.182. The van der Waals surface area contributed by atoms with Gasteiger partial charge >= 0.3 is 6.03 Å². The molecule has 1 atom stereocenters. The maximum Gasteiger partial charge on any atom is 0.318 e. The van der Waals surface area contributed by atoms with Crippen LogP contribution in [0, 0.1) is 0 Å². The lowest BCUT2D eigenvalue weighted by atomic mass is 10.2. The van der Waals surface area contributed by atoms with Gasteiger partial charge in [-0.15, -0.1) is 0 Å². The van der Waals surface area contributed by atoms with E-state index in [2.05, 4.69) is 0 Å². The number of hydrogen-bond donors (Lipinski definition) is 3. The molecule has 0 saturated carbocycles. The maximum atomic E-state index is 11.4. The van der Waals surface area contributed by atoms with Crippen molar-refractivity contribution in [3.05, 3.63) is 28.8 Å². The number of imide groups is 1. The van der Waals surface area contributed by atoms with Crippen molar-refractivity contribution in [2.24, 2.45) is 11.5 Å². The van der Waals surface area contributed by atoms with Gasteiger partial charge in [-0.1, -0.05) is 23.8 Å². The van der Waals surface area contributed by atoms with Crippen LogP contribution in [0.25, 0.3) is 0 Å². The Kier molecular flexibility index (Phi) is 5.08. The lowest BCUT2D eigenvalue weighted by molar-refractivity contribution is -0.126. The van der Waals surface area contributed by atoms with Crippen molar-refractivity contribution in [3.8, 4) is 5.75 Å². The van der Waals surface area contributed by atoms with Crippen LogP contribution in [-0.4, -0.2) is 23.0 Å². The van der Waals surface area contributed by atoms with E-state index in [0.717, 1.165) is 0 Å². The second-order valence-electron chi connectivity index (χ2n) is 3.62. The van der Waals surface area contributed by atoms with Gasteiger partial charge in [-0.05, 0) is 25.1 Å². The van der Waals surface area contributed by atoms with E-state index in [-0.39, 0.29) is 4.99 Å². The smallest absolute Gasteiger partial charge is 0.318 e. The van der Waals surface area contributed by atoms with E-state index in [1.165, 1.54) is 13.0 Å². The standard InChI is InChI=1S/C11H12ClN3O3S/c1-5(10(16)15-11(14)17)18-6-2-3-7(9(13)19)8(12)4-6/h2-5H,1H3,(H2,13,19)(H3,14,15,16,17). The van der Waals surface area contributed by atoms with Crippen molar-refractivity contribution >= 4 is 40.7 Å². The Balaban J connectivity index is 2.78. The fourth-order valence-electron chi connectivity index (χ4n) is 1.25. The third kappa shape index (κ3) is 4.38. The first-order valence-electron chi connectivity index (χ1n) is 5.17. The highest BCUT2D eigenvalue weighted by molar-refractivity contribution is 7.80. The second kappa shape index (κ2) is 6.35. The van der Waals surface area contributed by atoms with Crippen LogP contribution in [0.1, 0.15) is 12.5 Å². The first-order chi connectivity index (χ1) is 8.81. The van der Waals surface area contributed by atoms with Gasteiger partial charge in [0, 0.05) is 5.56 Å². The monoisotopic (exact) mass is 301 g/mol. The molecule has 0 radical (unpaired) electrons. The second-order valence-corrected chi connectivity index (χ2v) is 4.47. The van der Waals surface area contributed by atoms with Crippen LogP contribution in [-0.2, 0) is 4.79 Å². The lowest BCUT2D eigenvalue weighted by Gasteiger charge is -2.14. The fourth-order valence-corrected chi connectivity index (χ4v) is 1.76. The molecule has 0 aliphatic carbocycles. The number of halogens is 1. The average molecular weight is 302 g/mol. The predicted molar refractivity (Wildman–Crippen MR) is 75.2 cm³/mol. The van der Waals surface area contributed by atoms with Gasteiger partial charge in [0.1, 0.15) is 10.7 Å². The van der Waals surface area contributed by atoms with Crippen LogP contribution in [0.3, 0.4) is 0 Å². The van der Waals surface area contributed by atoms with Crippen molar-refractivity contribution in [2.45, 2.75) is 13.0 Å². The Labute approximate surface area is 120 Å². The Bertz CT molecular complexity index is 536. The van der Waals surface area contributed by atoms with E-state index in [1.807, 2.05) is 5.32 Å². The molecule has 0 aliphatic heterocycles. The number of benzene rings is 1. The first-order valence-corrected chi connectivity index (χ1v) is 5.96. The van der Waals surface area contributed by atoms with E-state index in [9.17, 15) is 9.59 Å². The molecule has 0 bridgehead atoms. The topological polar surface area (TPSA) is 107 Å². The van der Waals surface area contributed by atoms with Gasteiger partial charge < -0.3 is 16.2 Å². The van der Waals surface area contributed by atoms with Crippen LogP contribution in [0.4, 0.5) is 4.79 Å². The molecular formula is C11H12ClN3O3S. The summed E-state index contributed by atoms with van der Waals surface area (Å²) in [4.78, 5) is 22.1. The van der Waals surface area contributed by atoms with Gasteiger partial charge in [-0.3, -0.25) is 10.1 Å². The molecule has 0 heterocycles. The molecule has 0 spiro atoms. The van der Waals surface area contributed by atoms with E-state index < -0.39 is 18.0 Å². The SMILES string of the molecule is CC(Oc1ccc(C(N)=S)c(Cl)c1)C(=O)NC(N)=O. The van der Waals surface area contributed by atoms with Crippen LogP contribution in [0.15, 0.2) is 18.2 Å². The predicted octanol–water partition coefficient (Wildman–Crippen LogP) is 0.936. The minimum absolute atomic E-state index is 0.163. The van der Waals surface area contributed by atoms with Crippen molar-refractivity contribution < 1.29 is 14.3 Å². The van der Waals surface area contributed by atoms with E-state index in [4.69, 9.17) is 40.0 Å². The van der Waals surface area contributed by atoms with Crippen molar-refractivity contribution in [2.75, 3.05) is 0 Å². The summed E-state index contributed by atoms with van der Waals surface area (Å²) in [6, 6.07) is 3.68.